The van der Waals surface area contributed by atoms with Crippen LogP contribution in [0.4, 0.5) is 5.69 Å². The molecule has 1 aromatic heterocycles. The summed E-state index contributed by atoms with van der Waals surface area (Å²) in [4.78, 5) is 25.1. The van der Waals surface area contributed by atoms with Crippen molar-refractivity contribution in [2.75, 3.05) is 31.9 Å². The van der Waals surface area contributed by atoms with Crippen molar-refractivity contribution in [3.63, 3.8) is 0 Å². The molecule has 10 heteroatoms. The molecular formula is C25H30N6O3S. The number of unbranched alkanes of at least 4 members (excludes halogenated alkanes) is 1. The highest BCUT2D eigenvalue weighted by Gasteiger charge is 2.17. The van der Waals surface area contributed by atoms with E-state index in [1.165, 1.54) is 25.0 Å². The lowest BCUT2D eigenvalue weighted by atomic mass is 10.2. The number of likely N-dealkylation sites (tertiary alicyclic amines) is 1. The van der Waals surface area contributed by atoms with Gasteiger partial charge in [-0.3, -0.25) is 19.5 Å². The summed E-state index contributed by atoms with van der Waals surface area (Å²) in [5, 5.41) is 23.6. The van der Waals surface area contributed by atoms with Gasteiger partial charge in [-0.25, -0.2) is 0 Å². The van der Waals surface area contributed by atoms with Gasteiger partial charge in [-0.1, -0.05) is 30.0 Å². The van der Waals surface area contributed by atoms with Crippen LogP contribution in [0.3, 0.4) is 0 Å². The second-order valence-electron chi connectivity index (χ2n) is 8.49. The number of carbonyl (C=O) groups is 1. The highest BCUT2D eigenvalue weighted by Crippen LogP contribution is 2.29. The van der Waals surface area contributed by atoms with E-state index in [1.807, 2.05) is 34.9 Å². The van der Waals surface area contributed by atoms with Crippen molar-refractivity contribution in [2.24, 2.45) is 0 Å². The molecule has 0 atom stereocenters. The fourth-order valence-corrected chi connectivity index (χ4v) is 5.04. The third-order valence-corrected chi connectivity index (χ3v) is 6.98. The van der Waals surface area contributed by atoms with Crippen LogP contribution in [0.25, 0.3) is 17.1 Å². The first-order valence-electron chi connectivity index (χ1n) is 12.0. The smallest absolute Gasteiger partial charge is 0.269 e. The number of aromatic nitrogens is 3. The Bertz CT molecular complexity index is 1110. The molecule has 4 rings (SSSR count). The van der Waals surface area contributed by atoms with Gasteiger partial charge in [-0.2, -0.15) is 0 Å². The molecule has 1 N–H and O–H groups in total. The van der Waals surface area contributed by atoms with Crippen LogP contribution in [-0.4, -0.2) is 62.4 Å². The number of thioether (sulfide) groups is 1. The molecule has 3 aromatic rings. The summed E-state index contributed by atoms with van der Waals surface area (Å²) in [7, 11) is 0. The third-order valence-electron chi connectivity index (χ3n) is 5.96. The zero-order valence-corrected chi connectivity index (χ0v) is 20.5. The number of nitro groups is 1. The van der Waals surface area contributed by atoms with E-state index >= 15 is 0 Å². The summed E-state index contributed by atoms with van der Waals surface area (Å²) in [6.07, 6.45) is 4.76. The van der Waals surface area contributed by atoms with Gasteiger partial charge < -0.3 is 10.2 Å². The second-order valence-corrected chi connectivity index (χ2v) is 9.55. The molecule has 1 amide bonds. The van der Waals surface area contributed by atoms with E-state index in [-0.39, 0.29) is 11.6 Å². The molecule has 0 radical (unpaired) electrons. The van der Waals surface area contributed by atoms with Crippen molar-refractivity contribution in [2.45, 2.75) is 37.3 Å². The van der Waals surface area contributed by atoms with Crippen LogP contribution in [-0.2, 0) is 4.79 Å². The number of nitro benzene ring substituents is 1. The minimum Gasteiger partial charge on any atom is -0.355 e. The number of nitrogens with zero attached hydrogens (tertiary/aromatic N) is 5. The van der Waals surface area contributed by atoms with Gasteiger partial charge in [0.1, 0.15) is 0 Å². The Morgan fingerprint density at radius 1 is 1.03 bits per heavy atom. The molecule has 2 heterocycles. The number of benzene rings is 2. The standard InChI is InChI=1S/C25H30N6O3S/c32-23(26-15-18-29-16-5-6-17-29)10-4-7-19-35-25-28-27-24(30(25)21-8-2-1-3-9-21)20-11-13-22(14-12-20)31(33)34/h1-3,8-9,11-14H,4-7,10,15-19H2,(H,26,32). The van der Waals surface area contributed by atoms with Crippen molar-refractivity contribution in [3.05, 3.63) is 64.7 Å². The van der Waals surface area contributed by atoms with Crippen LogP contribution in [0.2, 0.25) is 0 Å². The Hall–Kier alpha value is -3.24. The Morgan fingerprint density at radius 3 is 2.49 bits per heavy atom. The first-order valence-corrected chi connectivity index (χ1v) is 13.0. The predicted octanol–water partition coefficient (Wildman–Crippen LogP) is 4.32. The van der Waals surface area contributed by atoms with E-state index in [0.29, 0.717) is 12.2 Å². The van der Waals surface area contributed by atoms with Crippen molar-refractivity contribution < 1.29 is 9.72 Å². The number of amides is 1. The number of hydrogen-bond acceptors (Lipinski definition) is 7. The van der Waals surface area contributed by atoms with Crippen molar-refractivity contribution >= 4 is 23.4 Å². The quantitative estimate of drug-likeness (QED) is 0.173. The third kappa shape index (κ3) is 6.89. The van der Waals surface area contributed by atoms with E-state index in [9.17, 15) is 14.9 Å². The number of rotatable bonds is 12. The first-order chi connectivity index (χ1) is 17.1. The molecule has 184 valence electrons. The summed E-state index contributed by atoms with van der Waals surface area (Å²) in [5.41, 5.74) is 1.71. The van der Waals surface area contributed by atoms with Gasteiger partial charge in [-0.15, -0.1) is 10.2 Å². The average molecular weight is 495 g/mol. The molecule has 2 aromatic carbocycles. The van der Waals surface area contributed by atoms with E-state index in [4.69, 9.17) is 0 Å². The summed E-state index contributed by atoms with van der Waals surface area (Å²) >= 11 is 1.59. The molecule has 0 saturated carbocycles. The minimum atomic E-state index is -0.416. The maximum Gasteiger partial charge on any atom is 0.269 e. The van der Waals surface area contributed by atoms with E-state index in [2.05, 4.69) is 20.4 Å². The van der Waals surface area contributed by atoms with Crippen LogP contribution in [0.1, 0.15) is 32.1 Å². The Kier molecular flexibility index (Phi) is 8.85. The van der Waals surface area contributed by atoms with E-state index < -0.39 is 4.92 Å². The summed E-state index contributed by atoms with van der Waals surface area (Å²) in [6.45, 7) is 3.95. The molecule has 1 saturated heterocycles. The summed E-state index contributed by atoms with van der Waals surface area (Å²) in [6, 6.07) is 16.1. The Balaban J connectivity index is 1.32. The summed E-state index contributed by atoms with van der Waals surface area (Å²) < 4.78 is 1.97. The molecule has 1 aliphatic heterocycles. The van der Waals surface area contributed by atoms with E-state index in [0.717, 1.165) is 61.2 Å². The molecule has 0 unspecified atom stereocenters. The molecule has 35 heavy (non-hydrogen) atoms. The molecular weight excluding hydrogens is 464 g/mol. The van der Waals surface area contributed by atoms with Crippen molar-refractivity contribution in [1.82, 2.24) is 25.0 Å². The summed E-state index contributed by atoms with van der Waals surface area (Å²) in [5.74, 6) is 1.56. The largest absolute Gasteiger partial charge is 0.355 e. The zero-order chi connectivity index (χ0) is 24.5. The molecule has 0 spiro atoms. The monoisotopic (exact) mass is 494 g/mol. The Labute approximate surface area is 209 Å². The number of non-ortho nitro benzene ring substituents is 1. The lowest BCUT2D eigenvalue weighted by Crippen LogP contribution is -2.33. The number of carbonyl (C=O) groups excluding carboxylic acids is 1. The minimum absolute atomic E-state index is 0.0363. The molecule has 1 fully saturated rings. The van der Waals surface area contributed by atoms with Gasteiger partial charge in [0, 0.05) is 48.6 Å². The second kappa shape index (κ2) is 12.5. The Morgan fingerprint density at radius 2 is 1.77 bits per heavy atom. The highest BCUT2D eigenvalue weighted by atomic mass is 32.2. The predicted molar refractivity (Wildman–Crippen MR) is 137 cm³/mol. The molecule has 0 bridgehead atoms. The number of nitrogens with one attached hydrogen (secondary N) is 1. The fraction of sp³-hybridized carbons (Fsp3) is 0.400. The maximum absolute atomic E-state index is 12.1. The van der Waals surface area contributed by atoms with Crippen LogP contribution in [0, 0.1) is 10.1 Å². The lowest BCUT2D eigenvalue weighted by molar-refractivity contribution is -0.384. The van der Waals surface area contributed by atoms with Gasteiger partial charge in [0.05, 0.1) is 4.92 Å². The van der Waals surface area contributed by atoms with Gasteiger partial charge >= 0.3 is 0 Å². The highest BCUT2D eigenvalue weighted by molar-refractivity contribution is 7.99. The molecule has 0 aliphatic carbocycles. The molecule has 9 nitrogen and oxygen atoms in total. The maximum atomic E-state index is 12.1. The van der Waals surface area contributed by atoms with Crippen molar-refractivity contribution in [1.29, 1.82) is 0 Å². The van der Waals surface area contributed by atoms with Crippen LogP contribution < -0.4 is 5.32 Å². The fourth-order valence-electron chi connectivity index (χ4n) is 4.09. The number of hydrogen-bond donors (Lipinski definition) is 1. The van der Waals surface area contributed by atoms with E-state index in [1.54, 1.807) is 23.9 Å². The SMILES string of the molecule is O=C(CCCCSc1nnc(-c2ccc([N+](=O)[O-])cc2)n1-c1ccccc1)NCCN1CCCC1. The topological polar surface area (TPSA) is 106 Å². The average Bonchev–Trinajstić information content (AvgIpc) is 3.55. The van der Waals surface area contributed by atoms with Gasteiger partial charge in [0.25, 0.3) is 5.69 Å². The van der Waals surface area contributed by atoms with Gasteiger partial charge in [0.2, 0.25) is 5.91 Å². The molecule has 1 aliphatic rings. The van der Waals surface area contributed by atoms with Crippen molar-refractivity contribution in [3.8, 4) is 17.1 Å². The first kappa shape index (κ1) is 24.9. The normalized spacial score (nSPS) is 13.7. The van der Waals surface area contributed by atoms with Crippen LogP contribution in [0.5, 0.6) is 0 Å². The van der Waals surface area contributed by atoms with Gasteiger partial charge in [-0.05, 0) is 63.0 Å². The van der Waals surface area contributed by atoms with Crippen LogP contribution in [0.15, 0.2) is 59.8 Å². The zero-order valence-electron chi connectivity index (χ0n) is 19.6. The van der Waals surface area contributed by atoms with Crippen LogP contribution >= 0.6 is 11.8 Å². The number of para-hydroxylation sites is 1. The van der Waals surface area contributed by atoms with Gasteiger partial charge in [0.15, 0.2) is 11.0 Å². The lowest BCUT2D eigenvalue weighted by Gasteiger charge is -2.14.